The highest BCUT2D eigenvalue weighted by atomic mass is 16.5. The van der Waals surface area contributed by atoms with Crippen molar-refractivity contribution in [2.45, 2.75) is 26.2 Å². The fourth-order valence-electron chi connectivity index (χ4n) is 2.57. The number of rotatable bonds is 5. The van der Waals surface area contributed by atoms with Gasteiger partial charge in [-0.1, -0.05) is 36.3 Å². The van der Waals surface area contributed by atoms with E-state index < -0.39 is 5.97 Å². The highest BCUT2D eigenvalue weighted by Gasteiger charge is 2.13. The van der Waals surface area contributed by atoms with Gasteiger partial charge < -0.3 is 9.84 Å². The molecule has 0 aliphatic heterocycles. The number of carboxylic acid groups (broad SMARTS) is 1. The molecule has 0 amide bonds. The summed E-state index contributed by atoms with van der Waals surface area (Å²) in [4.78, 5) is 11.0. The van der Waals surface area contributed by atoms with Gasteiger partial charge in [-0.3, -0.25) is 4.79 Å². The Hall–Kier alpha value is -2.73. The summed E-state index contributed by atoms with van der Waals surface area (Å²) in [6.07, 6.45) is 0.0157. The quantitative estimate of drug-likeness (QED) is 0.840. The second-order valence-corrected chi connectivity index (χ2v) is 5.35. The van der Waals surface area contributed by atoms with Gasteiger partial charge in [0.1, 0.15) is 5.75 Å². The Morgan fingerprint density at radius 1 is 1.17 bits per heavy atom. The third kappa shape index (κ3) is 4.14. The first-order valence-electron chi connectivity index (χ1n) is 7.44. The van der Waals surface area contributed by atoms with Crippen molar-refractivity contribution in [1.82, 2.24) is 0 Å². The average Bonchev–Trinajstić information content (AvgIpc) is 2.54. The maximum absolute atomic E-state index is 11.0. The van der Waals surface area contributed by atoms with Crippen molar-refractivity contribution in [3.63, 3.8) is 0 Å². The van der Waals surface area contributed by atoms with Gasteiger partial charge in [-0.05, 0) is 48.2 Å². The Kier molecular flexibility index (Phi) is 5.43. The van der Waals surface area contributed by atoms with Gasteiger partial charge in [-0.25, -0.2) is 0 Å². The molecule has 0 saturated carbocycles. The Labute approximate surface area is 136 Å². The first-order chi connectivity index (χ1) is 11.0. The summed E-state index contributed by atoms with van der Waals surface area (Å²) in [5.74, 6) is 5.53. The van der Waals surface area contributed by atoms with Crippen molar-refractivity contribution in [1.29, 1.82) is 0 Å². The van der Waals surface area contributed by atoms with Crippen LogP contribution in [0.2, 0.25) is 0 Å². The summed E-state index contributed by atoms with van der Waals surface area (Å²) in [6.45, 7) is 3.74. The number of aliphatic carboxylic acids is 1. The summed E-state index contributed by atoms with van der Waals surface area (Å²) in [7, 11) is 1.66. The largest absolute Gasteiger partial charge is 0.496 e. The summed E-state index contributed by atoms with van der Waals surface area (Å²) < 4.78 is 5.28. The van der Waals surface area contributed by atoms with E-state index in [2.05, 4.69) is 17.9 Å². The van der Waals surface area contributed by atoms with E-state index in [-0.39, 0.29) is 12.3 Å². The summed E-state index contributed by atoms with van der Waals surface area (Å²) >= 11 is 0. The highest BCUT2D eigenvalue weighted by Crippen LogP contribution is 2.28. The topological polar surface area (TPSA) is 46.5 Å². The summed E-state index contributed by atoms with van der Waals surface area (Å²) in [5.41, 5.74) is 4.19. The molecule has 2 aromatic carbocycles. The maximum Gasteiger partial charge on any atom is 0.304 e. The molecule has 0 bridgehead atoms. The number of hydrogen-bond donors (Lipinski definition) is 1. The van der Waals surface area contributed by atoms with Gasteiger partial charge in [0.15, 0.2) is 0 Å². The van der Waals surface area contributed by atoms with Crippen LogP contribution >= 0.6 is 0 Å². The molecular weight excluding hydrogens is 288 g/mol. The Morgan fingerprint density at radius 3 is 2.35 bits per heavy atom. The SMILES string of the molecule is CC#CC(CC(=O)O)c1ccc(-c2ccc(OC)c(C)c2)cc1. The van der Waals surface area contributed by atoms with E-state index in [0.29, 0.717) is 0 Å². The first-order valence-corrected chi connectivity index (χ1v) is 7.44. The molecule has 23 heavy (non-hydrogen) atoms. The molecule has 2 aromatic rings. The molecule has 1 N–H and O–H groups in total. The lowest BCUT2D eigenvalue weighted by Gasteiger charge is -2.11. The smallest absolute Gasteiger partial charge is 0.304 e. The van der Waals surface area contributed by atoms with Crippen LogP contribution in [0.25, 0.3) is 11.1 Å². The standard InChI is InChI=1S/C20H20O3/c1-4-5-17(13-20(21)22)15-6-8-16(9-7-15)18-10-11-19(23-3)14(2)12-18/h6-12,17H,13H2,1-3H3,(H,21,22). The summed E-state index contributed by atoms with van der Waals surface area (Å²) in [5, 5.41) is 9.00. The lowest BCUT2D eigenvalue weighted by molar-refractivity contribution is -0.137. The van der Waals surface area contributed by atoms with Crippen LogP contribution in [0.5, 0.6) is 5.75 Å². The number of carbonyl (C=O) groups is 1. The molecule has 2 rings (SSSR count). The molecule has 3 nitrogen and oxygen atoms in total. The third-order valence-corrected chi connectivity index (χ3v) is 3.74. The van der Waals surface area contributed by atoms with E-state index in [4.69, 9.17) is 9.84 Å². The first kappa shape index (κ1) is 16.6. The fraction of sp³-hybridized carbons (Fsp3) is 0.250. The molecule has 118 valence electrons. The van der Waals surface area contributed by atoms with Crippen molar-refractivity contribution in [2.24, 2.45) is 0 Å². The molecule has 0 radical (unpaired) electrons. The van der Waals surface area contributed by atoms with E-state index in [1.165, 1.54) is 0 Å². The molecule has 0 aliphatic carbocycles. The highest BCUT2D eigenvalue weighted by molar-refractivity contribution is 5.70. The van der Waals surface area contributed by atoms with Crippen LogP contribution in [-0.4, -0.2) is 18.2 Å². The Morgan fingerprint density at radius 2 is 1.83 bits per heavy atom. The van der Waals surface area contributed by atoms with E-state index in [9.17, 15) is 4.79 Å². The van der Waals surface area contributed by atoms with Crippen LogP contribution in [0.3, 0.4) is 0 Å². The predicted molar refractivity (Wildman–Crippen MR) is 91.6 cm³/mol. The molecule has 1 unspecified atom stereocenters. The van der Waals surface area contributed by atoms with Crippen LogP contribution < -0.4 is 4.74 Å². The zero-order valence-corrected chi connectivity index (χ0v) is 13.6. The molecule has 0 heterocycles. The van der Waals surface area contributed by atoms with Gasteiger partial charge in [-0.15, -0.1) is 5.92 Å². The molecule has 0 spiro atoms. The van der Waals surface area contributed by atoms with E-state index in [1.54, 1.807) is 14.0 Å². The van der Waals surface area contributed by atoms with Crippen molar-refractivity contribution in [3.05, 3.63) is 53.6 Å². The molecule has 0 fully saturated rings. The Balaban J connectivity index is 2.29. The van der Waals surface area contributed by atoms with Crippen LogP contribution in [0.4, 0.5) is 0 Å². The zero-order valence-electron chi connectivity index (χ0n) is 13.6. The number of ether oxygens (including phenoxy) is 1. The van der Waals surface area contributed by atoms with E-state index in [1.807, 2.05) is 43.3 Å². The molecule has 0 aliphatic rings. The molecule has 0 aromatic heterocycles. The van der Waals surface area contributed by atoms with Gasteiger partial charge in [0.25, 0.3) is 0 Å². The lowest BCUT2D eigenvalue weighted by Crippen LogP contribution is -2.04. The Bertz CT molecular complexity index is 749. The van der Waals surface area contributed by atoms with Crippen molar-refractivity contribution < 1.29 is 14.6 Å². The molecule has 0 saturated heterocycles. The van der Waals surface area contributed by atoms with E-state index >= 15 is 0 Å². The van der Waals surface area contributed by atoms with Crippen LogP contribution in [0, 0.1) is 18.8 Å². The average molecular weight is 308 g/mol. The second-order valence-electron chi connectivity index (χ2n) is 5.35. The fourth-order valence-corrected chi connectivity index (χ4v) is 2.57. The van der Waals surface area contributed by atoms with Crippen LogP contribution in [0.15, 0.2) is 42.5 Å². The third-order valence-electron chi connectivity index (χ3n) is 3.74. The number of benzene rings is 2. The minimum Gasteiger partial charge on any atom is -0.496 e. The zero-order chi connectivity index (χ0) is 16.8. The lowest BCUT2D eigenvalue weighted by atomic mass is 9.94. The van der Waals surface area contributed by atoms with Crippen molar-refractivity contribution in [2.75, 3.05) is 7.11 Å². The summed E-state index contributed by atoms with van der Waals surface area (Å²) in [6, 6.07) is 14.0. The van der Waals surface area contributed by atoms with Crippen molar-refractivity contribution >= 4 is 5.97 Å². The second kappa shape index (κ2) is 7.51. The van der Waals surface area contributed by atoms with Crippen LogP contribution in [-0.2, 0) is 4.79 Å². The maximum atomic E-state index is 11.0. The number of hydrogen-bond acceptors (Lipinski definition) is 2. The molecular formula is C20H20O3. The monoisotopic (exact) mass is 308 g/mol. The number of methoxy groups -OCH3 is 1. The molecule has 1 atom stereocenters. The van der Waals surface area contributed by atoms with Gasteiger partial charge in [0.2, 0.25) is 0 Å². The minimum atomic E-state index is -0.840. The van der Waals surface area contributed by atoms with E-state index in [0.717, 1.165) is 28.0 Å². The van der Waals surface area contributed by atoms with Gasteiger partial charge in [0.05, 0.1) is 19.4 Å². The number of aryl methyl sites for hydroxylation is 1. The van der Waals surface area contributed by atoms with Gasteiger partial charge in [0, 0.05) is 0 Å². The van der Waals surface area contributed by atoms with Gasteiger partial charge in [-0.2, -0.15) is 0 Å². The van der Waals surface area contributed by atoms with Crippen molar-refractivity contribution in [3.8, 4) is 28.7 Å². The minimum absolute atomic E-state index is 0.0157. The predicted octanol–water partition coefficient (Wildman–Crippen LogP) is 4.25. The number of carboxylic acids is 1. The van der Waals surface area contributed by atoms with Gasteiger partial charge >= 0.3 is 5.97 Å². The molecule has 3 heteroatoms. The normalized spacial score (nSPS) is 11.3. The van der Waals surface area contributed by atoms with Crippen LogP contribution in [0.1, 0.15) is 30.4 Å².